The third-order valence-electron chi connectivity index (χ3n) is 1.59. The Bertz CT molecular complexity index is 245. The normalized spacial score (nSPS) is 13.5. The molecule has 0 radical (unpaired) electrons. The predicted octanol–water partition coefficient (Wildman–Crippen LogP) is 0.832. The molecule has 0 aromatic heterocycles. The van der Waals surface area contributed by atoms with Gasteiger partial charge in [-0.1, -0.05) is 19.8 Å². The standard InChI is InChI=1S/C6H16O7P2/c1-2-3-4-5-13-6(14(7,8)9)15(10,11)12/h6H,2-5H2,1H3,(H2,7,8,9)(H2,10,11,12). The molecule has 0 bridgehead atoms. The first-order valence-corrected chi connectivity index (χ1v) is 7.78. The fourth-order valence-electron chi connectivity index (χ4n) is 0.931. The molecule has 0 spiro atoms. The van der Waals surface area contributed by atoms with E-state index in [9.17, 15) is 9.13 Å². The summed E-state index contributed by atoms with van der Waals surface area (Å²) in [5.74, 6) is 0. The van der Waals surface area contributed by atoms with Gasteiger partial charge in [0.2, 0.25) is 0 Å². The Labute approximate surface area is 87.8 Å². The number of unbranched alkanes of at least 4 members (excludes halogenated alkanes) is 2. The Hall–Kier alpha value is 0.260. The highest BCUT2D eigenvalue weighted by atomic mass is 31.2. The number of ether oxygens (including phenoxy) is 1. The summed E-state index contributed by atoms with van der Waals surface area (Å²) in [4.78, 5) is 34.7. The van der Waals surface area contributed by atoms with Crippen LogP contribution in [0.4, 0.5) is 0 Å². The van der Waals surface area contributed by atoms with Gasteiger partial charge in [0, 0.05) is 6.61 Å². The summed E-state index contributed by atoms with van der Waals surface area (Å²) in [5, 5.41) is 0. The minimum absolute atomic E-state index is 0.0747. The van der Waals surface area contributed by atoms with Crippen LogP contribution in [0.5, 0.6) is 0 Å². The van der Waals surface area contributed by atoms with Gasteiger partial charge in [-0.15, -0.1) is 0 Å². The Morgan fingerprint density at radius 3 is 1.87 bits per heavy atom. The van der Waals surface area contributed by atoms with Crippen LogP contribution in [-0.2, 0) is 13.9 Å². The first-order chi connectivity index (χ1) is 6.69. The molecule has 0 aliphatic heterocycles. The van der Waals surface area contributed by atoms with Crippen molar-refractivity contribution in [2.24, 2.45) is 0 Å². The first kappa shape index (κ1) is 15.3. The molecule has 9 heteroatoms. The summed E-state index contributed by atoms with van der Waals surface area (Å²) in [6.45, 7) is 1.85. The van der Waals surface area contributed by atoms with Gasteiger partial charge in [-0.05, 0) is 6.42 Å². The quantitative estimate of drug-likeness (QED) is 0.395. The maximum Gasteiger partial charge on any atom is 0.366 e. The van der Waals surface area contributed by atoms with Gasteiger partial charge in [-0.3, -0.25) is 9.13 Å². The van der Waals surface area contributed by atoms with Gasteiger partial charge in [0.25, 0.3) is 5.59 Å². The van der Waals surface area contributed by atoms with E-state index in [0.29, 0.717) is 6.42 Å². The van der Waals surface area contributed by atoms with E-state index in [2.05, 4.69) is 4.74 Å². The van der Waals surface area contributed by atoms with E-state index in [4.69, 9.17) is 19.6 Å². The third kappa shape index (κ3) is 6.43. The highest BCUT2D eigenvalue weighted by Crippen LogP contribution is 2.60. The molecule has 0 rings (SSSR count). The van der Waals surface area contributed by atoms with Gasteiger partial charge in [0.1, 0.15) is 0 Å². The average Bonchev–Trinajstić information content (AvgIpc) is 1.99. The zero-order valence-electron chi connectivity index (χ0n) is 8.31. The summed E-state index contributed by atoms with van der Waals surface area (Å²) in [5.41, 5.74) is -2.33. The van der Waals surface area contributed by atoms with Crippen LogP contribution in [0.1, 0.15) is 26.2 Å². The highest BCUT2D eigenvalue weighted by Gasteiger charge is 2.44. The molecule has 0 aliphatic rings. The van der Waals surface area contributed by atoms with Gasteiger partial charge in [0.15, 0.2) is 0 Å². The molecule has 15 heavy (non-hydrogen) atoms. The van der Waals surface area contributed by atoms with Crippen molar-refractivity contribution in [1.82, 2.24) is 0 Å². The van der Waals surface area contributed by atoms with Crippen LogP contribution in [0.2, 0.25) is 0 Å². The molecular formula is C6H16O7P2. The smallest absolute Gasteiger partial charge is 0.355 e. The molecule has 0 amide bonds. The lowest BCUT2D eigenvalue weighted by atomic mass is 10.3. The van der Waals surface area contributed by atoms with Crippen molar-refractivity contribution in [3.8, 4) is 0 Å². The monoisotopic (exact) mass is 262 g/mol. The van der Waals surface area contributed by atoms with Crippen molar-refractivity contribution in [1.29, 1.82) is 0 Å². The van der Waals surface area contributed by atoms with Crippen molar-refractivity contribution in [3.63, 3.8) is 0 Å². The maximum absolute atomic E-state index is 10.7. The molecule has 0 unspecified atom stereocenters. The molecular weight excluding hydrogens is 246 g/mol. The van der Waals surface area contributed by atoms with E-state index in [0.717, 1.165) is 12.8 Å². The SMILES string of the molecule is CCCCCOC(P(=O)(O)O)P(=O)(O)O. The van der Waals surface area contributed by atoms with Crippen molar-refractivity contribution in [2.75, 3.05) is 6.61 Å². The van der Waals surface area contributed by atoms with Crippen LogP contribution >= 0.6 is 15.2 Å². The summed E-state index contributed by atoms with van der Waals surface area (Å²) in [6.07, 6.45) is 2.15. The molecule has 7 nitrogen and oxygen atoms in total. The molecule has 0 heterocycles. The fraction of sp³-hybridized carbons (Fsp3) is 1.00. The van der Waals surface area contributed by atoms with Gasteiger partial charge in [-0.25, -0.2) is 0 Å². The molecule has 0 fully saturated rings. The van der Waals surface area contributed by atoms with E-state index in [1.165, 1.54) is 0 Å². The predicted molar refractivity (Wildman–Crippen MR) is 53.4 cm³/mol. The lowest BCUT2D eigenvalue weighted by Crippen LogP contribution is -2.14. The fourth-order valence-corrected chi connectivity index (χ4v) is 3.10. The average molecular weight is 262 g/mol. The molecule has 0 saturated heterocycles. The molecule has 0 aromatic rings. The van der Waals surface area contributed by atoms with Crippen molar-refractivity contribution >= 4 is 15.2 Å². The lowest BCUT2D eigenvalue weighted by molar-refractivity contribution is 0.109. The van der Waals surface area contributed by atoms with Gasteiger partial charge in [0.05, 0.1) is 0 Å². The topological polar surface area (TPSA) is 124 Å². The Balaban J connectivity index is 4.30. The maximum atomic E-state index is 10.7. The van der Waals surface area contributed by atoms with Crippen LogP contribution in [0.15, 0.2) is 0 Å². The van der Waals surface area contributed by atoms with Crippen LogP contribution in [-0.4, -0.2) is 31.8 Å². The molecule has 0 atom stereocenters. The van der Waals surface area contributed by atoms with Crippen LogP contribution in [0.25, 0.3) is 0 Å². The highest BCUT2D eigenvalue weighted by molar-refractivity contribution is 7.70. The molecule has 92 valence electrons. The van der Waals surface area contributed by atoms with Gasteiger partial charge < -0.3 is 24.3 Å². The second-order valence-electron chi connectivity index (χ2n) is 3.08. The third-order valence-corrected chi connectivity index (χ3v) is 4.84. The van der Waals surface area contributed by atoms with E-state index in [-0.39, 0.29) is 6.61 Å². The van der Waals surface area contributed by atoms with Crippen molar-refractivity contribution < 1.29 is 33.4 Å². The van der Waals surface area contributed by atoms with E-state index in [1.54, 1.807) is 0 Å². The van der Waals surface area contributed by atoms with Crippen LogP contribution < -0.4 is 0 Å². The first-order valence-electron chi connectivity index (χ1n) is 4.41. The second-order valence-corrected chi connectivity index (χ2v) is 6.78. The Morgan fingerprint density at radius 1 is 1.07 bits per heavy atom. The minimum atomic E-state index is -4.93. The van der Waals surface area contributed by atoms with Crippen LogP contribution in [0.3, 0.4) is 0 Å². The molecule has 4 N–H and O–H groups in total. The second kappa shape index (κ2) is 6.11. The van der Waals surface area contributed by atoms with E-state index < -0.39 is 20.8 Å². The van der Waals surface area contributed by atoms with Gasteiger partial charge >= 0.3 is 15.2 Å². The molecule has 0 aromatic carbocycles. The van der Waals surface area contributed by atoms with E-state index in [1.807, 2.05) is 6.92 Å². The lowest BCUT2D eigenvalue weighted by Gasteiger charge is -2.19. The van der Waals surface area contributed by atoms with Crippen molar-refractivity contribution in [2.45, 2.75) is 31.8 Å². The number of rotatable bonds is 7. The summed E-state index contributed by atoms with van der Waals surface area (Å²) in [6, 6.07) is 0. The molecule has 0 aliphatic carbocycles. The summed E-state index contributed by atoms with van der Waals surface area (Å²) >= 11 is 0. The zero-order valence-corrected chi connectivity index (χ0v) is 10.1. The largest absolute Gasteiger partial charge is 0.366 e. The molecule has 0 saturated carbocycles. The summed E-state index contributed by atoms with van der Waals surface area (Å²) < 4.78 is 26.0. The zero-order chi connectivity index (χ0) is 12.1. The number of hydrogen-bond acceptors (Lipinski definition) is 3. The van der Waals surface area contributed by atoms with Crippen molar-refractivity contribution in [3.05, 3.63) is 0 Å². The Morgan fingerprint density at radius 2 is 1.53 bits per heavy atom. The summed E-state index contributed by atoms with van der Waals surface area (Å²) in [7, 11) is -9.86. The van der Waals surface area contributed by atoms with E-state index >= 15 is 0 Å². The van der Waals surface area contributed by atoms with Gasteiger partial charge in [-0.2, -0.15) is 0 Å². The Kier molecular flexibility index (Phi) is 6.21. The number of hydrogen-bond donors (Lipinski definition) is 4. The van der Waals surface area contributed by atoms with Crippen LogP contribution in [0, 0.1) is 0 Å². The minimum Gasteiger partial charge on any atom is -0.355 e.